The molecule has 4 bridgehead atoms. The molecule has 1 amide bonds. The van der Waals surface area contributed by atoms with Crippen LogP contribution in [-0.2, 0) is 4.79 Å². The van der Waals surface area contributed by atoms with Gasteiger partial charge in [-0.2, -0.15) is 0 Å². The Morgan fingerprint density at radius 2 is 1.76 bits per heavy atom. The number of aryl methyl sites for hydroxylation is 1. The molecular formula is C22H26FNO. The summed E-state index contributed by atoms with van der Waals surface area (Å²) in [5.74, 6) is 3.25. The maximum Gasteiger partial charge on any atom is 0.250 e. The maximum atomic E-state index is 14.3. The molecule has 5 fully saturated rings. The highest BCUT2D eigenvalue weighted by Gasteiger charge is 2.51. The topological polar surface area (TPSA) is 20.3 Å². The molecule has 1 aromatic carbocycles. The molecule has 4 aliphatic carbocycles. The second kappa shape index (κ2) is 5.69. The Bertz CT molecular complexity index is 724. The van der Waals surface area contributed by atoms with E-state index >= 15 is 0 Å². The summed E-state index contributed by atoms with van der Waals surface area (Å²) in [5.41, 5.74) is 1.98. The lowest BCUT2D eigenvalue weighted by atomic mass is 9.54. The Morgan fingerprint density at radius 1 is 1.08 bits per heavy atom. The smallest absolute Gasteiger partial charge is 0.250 e. The highest BCUT2D eigenvalue weighted by atomic mass is 19.1. The molecule has 4 saturated carbocycles. The zero-order chi connectivity index (χ0) is 17.1. The number of hydrogen-bond acceptors (Lipinski definition) is 1. The van der Waals surface area contributed by atoms with Gasteiger partial charge in [-0.1, -0.05) is 18.2 Å². The molecule has 1 saturated heterocycles. The number of hydrogen-bond donors (Lipinski definition) is 0. The molecule has 1 aromatic rings. The first-order valence-corrected chi connectivity index (χ1v) is 9.87. The fraction of sp³-hybridized carbons (Fsp3) is 0.591. The number of nitrogens with zero attached hydrogens (tertiary/aromatic N) is 1. The molecule has 5 aliphatic rings. The number of likely N-dealkylation sites (tertiary alicyclic amines) is 1. The first-order valence-electron chi connectivity index (χ1n) is 9.87. The van der Waals surface area contributed by atoms with Crippen molar-refractivity contribution < 1.29 is 9.18 Å². The molecule has 6 rings (SSSR count). The third-order valence-electron chi connectivity index (χ3n) is 7.25. The first-order chi connectivity index (χ1) is 12.1. The maximum absolute atomic E-state index is 14.3. The lowest BCUT2D eigenvalue weighted by molar-refractivity contribution is -0.136. The Labute approximate surface area is 149 Å². The third kappa shape index (κ3) is 2.46. The van der Waals surface area contributed by atoms with Gasteiger partial charge in [0.25, 0.3) is 0 Å². The minimum Gasteiger partial charge on any atom is -0.335 e. The van der Waals surface area contributed by atoms with Crippen LogP contribution in [0.3, 0.4) is 0 Å². The highest BCUT2D eigenvalue weighted by molar-refractivity contribution is 6.00. The van der Waals surface area contributed by atoms with Gasteiger partial charge >= 0.3 is 0 Å². The van der Waals surface area contributed by atoms with Crippen LogP contribution in [0, 0.1) is 36.4 Å². The van der Waals surface area contributed by atoms with Gasteiger partial charge in [0.05, 0.1) is 0 Å². The van der Waals surface area contributed by atoms with E-state index in [-0.39, 0.29) is 11.7 Å². The van der Waals surface area contributed by atoms with Crippen molar-refractivity contribution in [2.24, 2.45) is 23.7 Å². The van der Waals surface area contributed by atoms with E-state index in [2.05, 4.69) is 4.90 Å². The lowest BCUT2D eigenvalue weighted by Gasteiger charge is -2.56. The molecular weight excluding hydrogens is 313 g/mol. The summed E-state index contributed by atoms with van der Waals surface area (Å²) in [4.78, 5) is 15.2. The van der Waals surface area contributed by atoms with E-state index in [1.165, 1.54) is 32.1 Å². The number of halogens is 1. The van der Waals surface area contributed by atoms with Gasteiger partial charge in [-0.25, -0.2) is 4.39 Å². The first kappa shape index (κ1) is 15.6. The van der Waals surface area contributed by atoms with E-state index in [0.29, 0.717) is 17.2 Å². The summed E-state index contributed by atoms with van der Waals surface area (Å²) in [7, 11) is 0. The molecule has 0 radical (unpaired) electrons. The molecule has 1 aliphatic heterocycles. The average Bonchev–Trinajstić information content (AvgIpc) is 2.92. The zero-order valence-corrected chi connectivity index (χ0v) is 14.9. The van der Waals surface area contributed by atoms with Gasteiger partial charge in [-0.15, -0.1) is 0 Å². The number of benzene rings is 1. The molecule has 2 nitrogen and oxygen atoms in total. The monoisotopic (exact) mass is 339 g/mol. The van der Waals surface area contributed by atoms with E-state index in [0.717, 1.165) is 42.2 Å². The molecule has 1 heterocycles. The van der Waals surface area contributed by atoms with Gasteiger partial charge in [0.1, 0.15) is 5.82 Å². The van der Waals surface area contributed by atoms with Crippen LogP contribution in [0.15, 0.2) is 23.8 Å². The minimum absolute atomic E-state index is 0.165. The van der Waals surface area contributed by atoms with Crippen molar-refractivity contribution in [3.8, 4) is 0 Å². The van der Waals surface area contributed by atoms with Gasteiger partial charge in [0, 0.05) is 23.7 Å². The minimum atomic E-state index is -0.198. The summed E-state index contributed by atoms with van der Waals surface area (Å²) in [5, 5.41) is 0. The zero-order valence-electron chi connectivity index (χ0n) is 14.9. The molecule has 0 aromatic heterocycles. The number of amides is 1. The third-order valence-corrected chi connectivity index (χ3v) is 7.25. The summed E-state index contributed by atoms with van der Waals surface area (Å²) >= 11 is 0. The number of carbonyl (C=O) groups excluding carboxylic acids is 1. The molecule has 25 heavy (non-hydrogen) atoms. The summed E-state index contributed by atoms with van der Waals surface area (Å²) in [6, 6.07) is 5.86. The van der Waals surface area contributed by atoms with Gasteiger partial charge in [-0.3, -0.25) is 4.79 Å². The van der Waals surface area contributed by atoms with Crippen LogP contribution in [0.5, 0.6) is 0 Å². The largest absolute Gasteiger partial charge is 0.335 e. The predicted molar refractivity (Wildman–Crippen MR) is 96.3 cm³/mol. The van der Waals surface area contributed by atoms with Crippen molar-refractivity contribution in [1.29, 1.82) is 0 Å². The van der Waals surface area contributed by atoms with E-state index in [9.17, 15) is 9.18 Å². The molecule has 132 valence electrons. The van der Waals surface area contributed by atoms with Crippen LogP contribution in [-0.4, -0.2) is 23.4 Å². The fourth-order valence-electron chi connectivity index (χ4n) is 6.43. The predicted octanol–water partition coefficient (Wildman–Crippen LogP) is 4.57. The van der Waals surface area contributed by atoms with Crippen LogP contribution in [0.4, 0.5) is 4.39 Å². The van der Waals surface area contributed by atoms with Gasteiger partial charge in [0.15, 0.2) is 0 Å². The van der Waals surface area contributed by atoms with E-state index in [1.54, 1.807) is 25.1 Å². The highest BCUT2D eigenvalue weighted by Crippen LogP contribution is 2.55. The Kier molecular flexibility index (Phi) is 3.55. The molecule has 0 unspecified atom stereocenters. The summed E-state index contributed by atoms with van der Waals surface area (Å²) < 4.78 is 14.3. The summed E-state index contributed by atoms with van der Waals surface area (Å²) in [6.07, 6.45) is 9.29. The van der Waals surface area contributed by atoms with Crippen LogP contribution in [0.2, 0.25) is 0 Å². The van der Waals surface area contributed by atoms with Crippen LogP contribution in [0.1, 0.15) is 49.7 Å². The van der Waals surface area contributed by atoms with Crippen molar-refractivity contribution in [3.63, 3.8) is 0 Å². The lowest BCUT2D eigenvalue weighted by Crippen LogP contribution is -2.56. The Balaban J connectivity index is 1.40. The van der Waals surface area contributed by atoms with Crippen LogP contribution < -0.4 is 0 Å². The standard InChI is InChI=1S/C22H26FNO/c1-13-3-2-4-16(20(13)23)12-17-5-6-24(22(17)25)21-18-8-14-7-15(10-18)11-19(21)9-14/h2-4,12,14-15,18-19,21H,5-11H2,1H3/b17-12+. The van der Waals surface area contributed by atoms with Crippen LogP contribution >= 0.6 is 0 Å². The van der Waals surface area contributed by atoms with Crippen LogP contribution in [0.25, 0.3) is 6.08 Å². The fourth-order valence-corrected chi connectivity index (χ4v) is 6.43. The van der Waals surface area contributed by atoms with Crippen molar-refractivity contribution >= 4 is 12.0 Å². The van der Waals surface area contributed by atoms with Crippen molar-refractivity contribution in [3.05, 3.63) is 40.7 Å². The van der Waals surface area contributed by atoms with E-state index in [1.807, 2.05) is 6.07 Å². The van der Waals surface area contributed by atoms with Gasteiger partial charge < -0.3 is 4.90 Å². The Hall–Kier alpha value is -1.64. The second-order valence-electron chi connectivity index (χ2n) is 8.82. The van der Waals surface area contributed by atoms with Crippen molar-refractivity contribution in [2.75, 3.05) is 6.54 Å². The second-order valence-corrected chi connectivity index (χ2v) is 8.82. The van der Waals surface area contributed by atoms with E-state index in [4.69, 9.17) is 0 Å². The molecule has 3 heteroatoms. The SMILES string of the molecule is Cc1cccc(/C=C2\CCN(C3C4CC5CC(C4)CC3C5)C2=O)c1F. The van der Waals surface area contributed by atoms with Gasteiger partial charge in [0.2, 0.25) is 5.91 Å². The quantitative estimate of drug-likeness (QED) is 0.723. The molecule has 0 atom stereocenters. The van der Waals surface area contributed by atoms with E-state index < -0.39 is 0 Å². The summed E-state index contributed by atoms with van der Waals surface area (Å²) in [6.45, 7) is 2.60. The van der Waals surface area contributed by atoms with Crippen molar-refractivity contribution in [2.45, 2.75) is 51.5 Å². The number of rotatable bonds is 2. The average molecular weight is 339 g/mol. The van der Waals surface area contributed by atoms with Gasteiger partial charge in [-0.05, 0) is 80.8 Å². The normalized spacial score (nSPS) is 38.2. The molecule has 0 N–H and O–H groups in total. The number of carbonyl (C=O) groups is 1. The molecule has 0 spiro atoms. The van der Waals surface area contributed by atoms with Crippen molar-refractivity contribution in [1.82, 2.24) is 4.90 Å². The Morgan fingerprint density at radius 3 is 2.44 bits per heavy atom.